The molecule has 3 aromatic carbocycles. The fourth-order valence-electron chi connectivity index (χ4n) is 2.47. The van der Waals surface area contributed by atoms with Gasteiger partial charge in [-0.15, -0.1) is 0 Å². The van der Waals surface area contributed by atoms with Gasteiger partial charge in [-0.05, 0) is 48.9 Å². The van der Waals surface area contributed by atoms with Crippen molar-refractivity contribution in [2.45, 2.75) is 6.92 Å². The second kappa shape index (κ2) is 7.65. The summed E-state index contributed by atoms with van der Waals surface area (Å²) in [5.41, 5.74) is 0.686. The second-order valence-corrected chi connectivity index (χ2v) is 5.77. The number of hydrogen-bond donors (Lipinski definition) is 1. The van der Waals surface area contributed by atoms with Crippen molar-refractivity contribution in [2.24, 2.45) is 0 Å². The van der Waals surface area contributed by atoms with Gasteiger partial charge in [-0.1, -0.05) is 18.2 Å². The van der Waals surface area contributed by atoms with E-state index in [1.54, 1.807) is 31.2 Å². The summed E-state index contributed by atoms with van der Waals surface area (Å²) in [5.74, 6) is -0.365. The summed E-state index contributed by atoms with van der Waals surface area (Å²) >= 11 is 0. The summed E-state index contributed by atoms with van der Waals surface area (Å²) < 4.78 is 19.0. The number of amides is 1. The highest BCUT2D eigenvalue weighted by atomic mass is 19.1. The summed E-state index contributed by atoms with van der Waals surface area (Å²) in [7, 11) is 0. The van der Waals surface area contributed by atoms with Gasteiger partial charge in [-0.2, -0.15) is 0 Å². The lowest BCUT2D eigenvalue weighted by molar-refractivity contribution is -0.384. The Morgan fingerprint density at radius 1 is 1.07 bits per heavy atom. The van der Waals surface area contributed by atoms with Crippen LogP contribution in [0.5, 0.6) is 11.5 Å². The van der Waals surface area contributed by atoms with Crippen molar-refractivity contribution < 1.29 is 18.8 Å². The standard InChI is InChI=1S/C20H15FN2O4/c1-13-11-14(21)7-9-18(13)22-20(24)17-12-15(23(25)26)8-10-19(17)27-16-5-3-2-4-6-16/h2-12H,1H3,(H,22,24). The smallest absolute Gasteiger partial charge is 0.270 e. The van der Waals surface area contributed by atoms with Crippen molar-refractivity contribution in [1.82, 2.24) is 0 Å². The van der Waals surface area contributed by atoms with Gasteiger partial charge < -0.3 is 10.1 Å². The average Bonchev–Trinajstić information content (AvgIpc) is 2.65. The predicted molar refractivity (Wildman–Crippen MR) is 98.7 cm³/mol. The number of aryl methyl sites for hydroxylation is 1. The molecule has 136 valence electrons. The summed E-state index contributed by atoms with van der Waals surface area (Å²) in [4.78, 5) is 23.2. The molecule has 0 bridgehead atoms. The van der Waals surface area contributed by atoms with E-state index in [1.165, 1.54) is 30.3 Å². The fraction of sp³-hybridized carbons (Fsp3) is 0.0500. The molecule has 0 radical (unpaired) electrons. The molecule has 6 nitrogen and oxygen atoms in total. The zero-order valence-electron chi connectivity index (χ0n) is 14.3. The molecule has 0 aliphatic rings. The van der Waals surface area contributed by atoms with Crippen molar-refractivity contribution in [3.05, 3.63) is 93.8 Å². The van der Waals surface area contributed by atoms with Gasteiger partial charge in [-0.3, -0.25) is 14.9 Å². The lowest BCUT2D eigenvalue weighted by Crippen LogP contribution is -2.14. The molecule has 27 heavy (non-hydrogen) atoms. The van der Waals surface area contributed by atoms with Crippen LogP contribution in [0.2, 0.25) is 0 Å². The molecule has 0 fully saturated rings. The Kier molecular flexibility index (Phi) is 5.12. The van der Waals surface area contributed by atoms with E-state index in [-0.39, 0.29) is 17.0 Å². The van der Waals surface area contributed by atoms with E-state index >= 15 is 0 Å². The van der Waals surface area contributed by atoms with Crippen molar-refractivity contribution in [1.29, 1.82) is 0 Å². The molecule has 3 rings (SSSR count). The number of halogens is 1. The first-order valence-corrected chi connectivity index (χ1v) is 8.03. The molecule has 3 aromatic rings. The number of nitro groups is 1. The lowest BCUT2D eigenvalue weighted by Gasteiger charge is -2.13. The molecular formula is C20H15FN2O4. The Morgan fingerprint density at radius 2 is 1.81 bits per heavy atom. The van der Waals surface area contributed by atoms with Crippen LogP contribution in [0.4, 0.5) is 15.8 Å². The molecule has 0 unspecified atom stereocenters. The van der Waals surface area contributed by atoms with Crippen LogP contribution in [-0.4, -0.2) is 10.8 Å². The maximum atomic E-state index is 13.2. The number of anilines is 1. The second-order valence-electron chi connectivity index (χ2n) is 5.77. The molecule has 0 saturated heterocycles. The van der Waals surface area contributed by atoms with Crippen molar-refractivity contribution in [3.63, 3.8) is 0 Å². The zero-order chi connectivity index (χ0) is 19.4. The number of nitrogens with zero attached hydrogens (tertiary/aromatic N) is 1. The number of nitro benzene ring substituents is 1. The Labute approximate surface area is 154 Å². The highest BCUT2D eigenvalue weighted by Gasteiger charge is 2.19. The third kappa shape index (κ3) is 4.27. The zero-order valence-corrected chi connectivity index (χ0v) is 14.3. The summed E-state index contributed by atoms with van der Waals surface area (Å²) in [6.07, 6.45) is 0. The average molecular weight is 366 g/mol. The Balaban J connectivity index is 1.96. The SMILES string of the molecule is Cc1cc(F)ccc1NC(=O)c1cc([N+](=O)[O-])ccc1Oc1ccccc1. The minimum Gasteiger partial charge on any atom is -0.457 e. The molecule has 0 saturated carbocycles. The van der Waals surface area contributed by atoms with Gasteiger partial charge in [0.05, 0.1) is 10.5 Å². The predicted octanol–water partition coefficient (Wildman–Crippen LogP) is 5.09. The van der Waals surface area contributed by atoms with Crippen LogP contribution in [-0.2, 0) is 0 Å². The highest BCUT2D eigenvalue weighted by Crippen LogP contribution is 2.30. The minimum absolute atomic E-state index is 0.00298. The molecule has 1 N–H and O–H groups in total. The topological polar surface area (TPSA) is 81.5 Å². The van der Waals surface area contributed by atoms with Crippen molar-refractivity contribution >= 4 is 17.3 Å². The normalized spacial score (nSPS) is 10.3. The molecule has 0 aromatic heterocycles. The van der Waals surface area contributed by atoms with Gasteiger partial charge in [0.1, 0.15) is 17.3 Å². The first kappa shape index (κ1) is 18.1. The van der Waals surface area contributed by atoms with E-state index in [9.17, 15) is 19.3 Å². The van der Waals surface area contributed by atoms with Crippen molar-refractivity contribution in [2.75, 3.05) is 5.32 Å². The van der Waals surface area contributed by atoms with Crippen molar-refractivity contribution in [3.8, 4) is 11.5 Å². The first-order valence-electron chi connectivity index (χ1n) is 8.03. The van der Waals surface area contributed by atoms with Gasteiger partial charge in [0.2, 0.25) is 0 Å². The molecule has 0 atom stereocenters. The third-order valence-electron chi connectivity index (χ3n) is 3.83. The first-order chi connectivity index (χ1) is 12.9. The highest BCUT2D eigenvalue weighted by molar-refractivity contribution is 6.07. The van der Waals surface area contributed by atoms with Gasteiger partial charge in [0.25, 0.3) is 11.6 Å². The molecule has 0 aliphatic carbocycles. The van der Waals surface area contributed by atoms with Crippen LogP contribution in [0.1, 0.15) is 15.9 Å². The maximum Gasteiger partial charge on any atom is 0.270 e. The van der Waals surface area contributed by atoms with E-state index in [0.717, 1.165) is 6.07 Å². The Bertz CT molecular complexity index is 1010. The number of ether oxygens (including phenoxy) is 1. The minimum atomic E-state index is -0.598. The number of carbonyl (C=O) groups is 1. The number of non-ortho nitro benzene ring substituents is 1. The number of hydrogen-bond acceptors (Lipinski definition) is 4. The number of carbonyl (C=O) groups excluding carboxylic acids is 1. The number of nitrogens with one attached hydrogen (secondary N) is 1. The van der Waals surface area contributed by atoms with E-state index in [0.29, 0.717) is 17.0 Å². The van der Waals surface area contributed by atoms with E-state index in [4.69, 9.17) is 4.74 Å². The largest absolute Gasteiger partial charge is 0.457 e. The van der Waals surface area contributed by atoms with E-state index < -0.39 is 16.6 Å². The maximum absolute atomic E-state index is 13.2. The third-order valence-corrected chi connectivity index (χ3v) is 3.83. The number of rotatable bonds is 5. The van der Waals surface area contributed by atoms with Gasteiger partial charge >= 0.3 is 0 Å². The van der Waals surface area contributed by atoms with E-state index in [2.05, 4.69) is 5.32 Å². The summed E-state index contributed by atoms with van der Waals surface area (Å²) in [6.45, 7) is 1.65. The molecule has 0 spiro atoms. The van der Waals surface area contributed by atoms with E-state index in [1.807, 2.05) is 6.07 Å². The molecule has 1 amide bonds. The Hall–Kier alpha value is -3.74. The number of benzene rings is 3. The monoisotopic (exact) mass is 366 g/mol. The Morgan fingerprint density at radius 3 is 2.48 bits per heavy atom. The summed E-state index contributed by atoms with van der Waals surface area (Å²) in [5, 5.41) is 13.7. The van der Waals surface area contributed by atoms with Gasteiger partial charge in [0.15, 0.2) is 0 Å². The van der Waals surface area contributed by atoms with Crippen LogP contribution in [0.25, 0.3) is 0 Å². The molecular weight excluding hydrogens is 351 g/mol. The van der Waals surface area contributed by atoms with Crippen LogP contribution < -0.4 is 10.1 Å². The quantitative estimate of drug-likeness (QED) is 0.504. The van der Waals surface area contributed by atoms with Crippen LogP contribution in [0.15, 0.2) is 66.7 Å². The van der Waals surface area contributed by atoms with Crippen LogP contribution in [0.3, 0.4) is 0 Å². The summed E-state index contributed by atoms with van der Waals surface area (Å²) in [6, 6.07) is 16.5. The molecule has 0 heterocycles. The number of para-hydroxylation sites is 1. The van der Waals surface area contributed by atoms with Crippen LogP contribution in [0, 0.1) is 22.9 Å². The van der Waals surface area contributed by atoms with Gasteiger partial charge in [0, 0.05) is 17.8 Å². The lowest BCUT2D eigenvalue weighted by atomic mass is 10.1. The fourth-order valence-corrected chi connectivity index (χ4v) is 2.47. The molecule has 0 aliphatic heterocycles. The van der Waals surface area contributed by atoms with Gasteiger partial charge in [-0.25, -0.2) is 4.39 Å². The van der Waals surface area contributed by atoms with Crippen LogP contribution >= 0.6 is 0 Å². The molecule has 7 heteroatoms.